The van der Waals surface area contributed by atoms with Crippen LogP contribution in [-0.2, 0) is 0 Å². The van der Waals surface area contributed by atoms with Gasteiger partial charge in [0.1, 0.15) is 0 Å². The van der Waals surface area contributed by atoms with Crippen molar-refractivity contribution in [1.82, 2.24) is 0 Å². The van der Waals surface area contributed by atoms with Gasteiger partial charge in [0.2, 0.25) is 0 Å². The van der Waals surface area contributed by atoms with Crippen LogP contribution in [-0.4, -0.2) is 12.5 Å². The maximum absolute atomic E-state index is 12.6. The molecule has 1 amide bonds. The number of halogens is 2. The fourth-order valence-electron chi connectivity index (χ4n) is 1.86. The summed E-state index contributed by atoms with van der Waals surface area (Å²) in [5.74, 6) is -0.00485. The molecule has 0 aliphatic rings. The van der Waals surface area contributed by atoms with Gasteiger partial charge in [-0.25, -0.2) is 0 Å². The van der Waals surface area contributed by atoms with Gasteiger partial charge < -0.3 is 4.90 Å². The van der Waals surface area contributed by atoms with E-state index in [1.54, 1.807) is 23.1 Å². The second-order valence-corrected chi connectivity index (χ2v) is 5.61. The molecule has 0 spiro atoms. The summed E-state index contributed by atoms with van der Waals surface area (Å²) in [6, 6.07) is 15.0. The number of hydrogen-bond donors (Lipinski definition) is 0. The first-order chi connectivity index (χ1) is 9.13. The minimum absolute atomic E-state index is 0.00485. The third kappa shape index (κ3) is 3.28. The van der Waals surface area contributed by atoms with Crippen molar-refractivity contribution in [2.45, 2.75) is 6.92 Å². The molecule has 19 heavy (non-hydrogen) atoms. The molecule has 0 unspecified atom stereocenters. The standard InChI is InChI=1S/C15H13ClINO/c1-2-18(12-6-4-3-5-7-12)15(19)13-9-8-11(16)10-14(13)17/h3-10H,2H2,1H3. The molecule has 2 rings (SSSR count). The van der Waals surface area contributed by atoms with Crippen LogP contribution in [0.15, 0.2) is 48.5 Å². The Hall–Kier alpha value is -1.07. The Morgan fingerprint density at radius 2 is 1.89 bits per heavy atom. The van der Waals surface area contributed by atoms with Gasteiger partial charge in [-0.15, -0.1) is 0 Å². The smallest absolute Gasteiger partial charge is 0.259 e. The number of para-hydroxylation sites is 1. The van der Waals surface area contributed by atoms with E-state index in [0.717, 1.165) is 9.26 Å². The first kappa shape index (κ1) is 14.3. The van der Waals surface area contributed by atoms with Crippen molar-refractivity contribution in [2.24, 2.45) is 0 Å². The zero-order chi connectivity index (χ0) is 13.8. The molecule has 0 heterocycles. The number of carbonyl (C=O) groups excluding carboxylic acids is 1. The SMILES string of the molecule is CCN(C(=O)c1ccc(Cl)cc1I)c1ccccc1. The average molecular weight is 386 g/mol. The number of anilines is 1. The summed E-state index contributed by atoms with van der Waals surface area (Å²) in [5.41, 5.74) is 1.58. The lowest BCUT2D eigenvalue weighted by Crippen LogP contribution is -2.31. The van der Waals surface area contributed by atoms with E-state index >= 15 is 0 Å². The van der Waals surface area contributed by atoms with Crippen LogP contribution in [0.5, 0.6) is 0 Å². The highest BCUT2D eigenvalue weighted by Crippen LogP contribution is 2.22. The Labute approximate surface area is 131 Å². The summed E-state index contributed by atoms with van der Waals surface area (Å²) < 4.78 is 0.865. The van der Waals surface area contributed by atoms with E-state index in [9.17, 15) is 4.79 Å². The highest BCUT2D eigenvalue weighted by Gasteiger charge is 2.18. The quantitative estimate of drug-likeness (QED) is 0.707. The molecule has 0 aliphatic carbocycles. The molecule has 0 aromatic heterocycles. The molecule has 0 radical (unpaired) electrons. The van der Waals surface area contributed by atoms with E-state index in [1.807, 2.05) is 37.3 Å². The van der Waals surface area contributed by atoms with Gasteiger partial charge in [0.15, 0.2) is 0 Å². The largest absolute Gasteiger partial charge is 0.309 e. The number of carbonyl (C=O) groups is 1. The molecule has 4 heteroatoms. The van der Waals surface area contributed by atoms with Crippen molar-refractivity contribution >= 4 is 45.8 Å². The average Bonchev–Trinajstić information content (AvgIpc) is 2.40. The third-order valence-corrected chi connectivity index (χ3v) is 3.92. The molecule has 0 aliphatic heterocycles. The number of nitrogens with zero attached hydrogens (tertiary/aromatic N) is 1. The predicted octanol–water partition coefficient (Wildman–Crippen LogP) is 4.61. The van der Waals surface area contributed by atoms with Crippen molar-refractivity contribution in [3.63, 3.8) is 0 Å². The molecule has 0 atom stereocenters. The minimum atomic E-state index is -0.00485. The molecule has 2 nitrogen and oxygen atoms in total. The van der Waals surface area contributed by atoms with Crippen LogP contribution in [0.3, 0.4) is 0 Å². The van der Waals surface area contributed by atoms with Crippen LogP contribution in [0.4, 0.5) is 5.69 Å². The summed E-state index contributed by atoms with van der Waals surface area (Å²) in [7, 11) is 0. The van der Waals surface area contributed by atoms with Gasteiger partial charge in [0.05, 0.1) is 5.56 Å². The molecule has 2 aromatic carbocycles. The van der Waals surface area contributed by atoms with Gasteiger partial charge >= 0.3 is 0 Å². The van der Waals surface area contributed by atoms with Gasteiger partial charge in [-0.3, -0.25) is 4.79 Å². The first-order valence-electron chi connectivity index (χ1n) is 5.95. The van der Waals surface area contributed by atoms with Crippen LogP contribution in [0.2, 0.25) is 5.02 Å². The van der Waals surface area contributed by atoms with Gasteiger partial charge in [-0.05, 0) is 59.8 Å². The van der Waals surface area contributed by atoms with Gasteiger partial charge in [-0.1, -0.05) is 29.8 Å². The monoisotopic (exact) mass is 385 g/mol. The molecular formula is C15H13ClINO. The first-order valence-corrected chi connectivity index (χ1v) is 7.41. The number of hydrogen-bond acceptors (Lipinski definition) is 1. The highest BCUT2D eigenvalue weighted by atomic mass is 127. The lowest BCUT2D eigenvalue weighted by atomic mass is 10.2. The molecule has 0 saturated heterocycles. The van der Waals surface area contributed by atoms with E-state index in [1.165, 1.54) is 0 Å². The predicted molar refractivity (Wildman–Crippen MR) is 88.0 cm³/mol. The Morgan fingerprint density at radius 1 is 1.21 bits per heavy atom. The normalized spacial score (nSPS) is 10.3. The fourth-order valence-corrected chi connectivity index (χ4v) is 2.96. The van der Waals surface area contributed by atoms with E-state index in [-0.39, 0.29) is 5.91 Å². The third-order valence-electron chi connectivity index (χ3n) is 2.79. The van der Waals surface area contributed by atoms with E-state index in [2.05, 4.69) is 22.6 Å². The summed E-state index contributed by atoms with van der Waals surface area (Å²) >= 11 is 8.06. The molecule has 0 N–H and O–H groups in total. The molecule has 98 valence electrons. The Balaban J connectivity index is 2.36. The summed E-state index contributed by atoms with van der Waals surface area (Å²) in [4.78, 5) is 14.3. The molecule has 0 fully saturated rings. The van der Waals surface area contributed by atoms with Crippen molar-refractivity contribution in [3.8, 4) is 0 Å². The zero-order valence-electron chi connectivity index (χ0n) is 10.4. The second-order valence-electron chi connectivity index (χ2n) is 4.01. The summed E-state index contributed by atoms with van der Waals surface area (Å²) in [6.07, 6.45) is 0. The summed E-state index contributed by atoms with van der Waals surface area (Å²) in [5, 5.41) is 0.642. The number of benzene rings is 2. The van der Waals surface area contributed by atoms with Crippen molar-refractivity contribution in [3.05, 3.63) is 62.7 Å². The topological polar surface area (TPSA) is 20.3 Å². The zero-order valence-corrected chi connectivity index (χ0v) is 13.4. The van der Waals surface area contributed by atoms with Gasteiger partial charge in [0.25, 0.3) is 5.91 Å². The Kier molecular flexibility index (Phi) is 4.82. The fraction of sp³-hybridized carbons (Fsp3) is 0.133. The van der Waals surface area contributed by atoms with E-state index in [4.69, 9.17) is 11.6 Å². The summed E-state index contributed by atoms with van der Waals surface area (Å²) in [6.45, 7) is 2.59. The number of rotatable bonds is 3. The van der Waals surface area contributed by atoms with E-state index in [0.29, 0.717) is 17.1 Å². The van der Waals surface area contributed by atoms with Crippen molar-refractivity contribution in [2.75, 3.05) is 11.4 Å². The van der Waals surface area contributed by atoms with Crippen LogP contribution >= 0.6 is 34.2 Å². The maximum Gasteiger partial charge on any atom is 0.259 e. The van der Waals surface area contributed by atoms with E-state index < -0.39 is 0 Å². The van der Waals surface area contributed by atoms with Crippen molar-refractivity contribution < 1.29 is 4.79 Å². The van der Waals surface area contributed by atoms with Crippen LogP contribution in [0.25, 0.3) is 0 Å². The highest BCUT2D eigenvalue weighted by molar-refractivity contribution is 14.1. The lowest BCUT2D eigenvalue weighted by molar-refractivity contribution is 0.0987. The Morgan fingerprint density at radius 3 is 2.47 bits per heavy atom. The van der Waals surface area contributed by atoms with Crippen LogP contribution < -0.4 is 4.90 Å². The number of amides is 1. The van der Waals surface area contributed by atoms with Gasteiger partial charge in [0, 0.05) is 20.8 Å². The maximum atomic E-state index is 12.6. The van der Waals surface area contributed by atoms with Crippen LogP contribution in [0, 0.1) is 3.57 Å². The van der Waals surface area contributed by atoms with Crippen molar-refractivity contribution in [1.29, 1.82) is 0 Å². The Bertz CT molecular complexity index is 586. The lowest BCUT2D eigenvalue weighted by Gasteiger charge is -2.21. The van der Waals surface area contributed by atoms with Gasteiger partial charge in [-0.2, -0.15) is 0 Å². The molecule has 2 aromatic rings. The molecule has 0 bridgehead atoms. The molecule has 0 saturated carbocycles. The minimum Gasteiger partial charge on any atom is -0.309 e. The second kappa shape index (κ2) is 6.39. The molecular weight excluding hydrogens is 373 g/mol. The van der Waals surface area contributed by atoms with Crippen LogP contribution in [0.1, 0.15) is 17.3 Å².